The Morgan fingerprint density at radius 3 is 2.44 bits per heavy atom. The molecule has 9 unspecified atom stereocenters. The number of likely N-dealkylation sites (tertiary alicyclic amines) is 1. The average Bonchev–Trinajstić information content (AvgIpc) is 4.00. The van der Waals surface area contributed by atoms with Crippen molar-refractivity contribution < 1.29 is 28.7 Å². The van der Waals surface area contributed by atoms with Crippen LogP contribution in [-0.2, 0) is 35.1 Å². The summed E-state index contributed by atoms with van der Waals surface area (Å²) in [5, 5.41) is 16.6. The second-order valence-corrected chi connectivity index (χ2v) is 15.0. The fourth-order valence-corrected chi connectivity index (χ4v) is 8.72. The van der Waals surface area contributed by atoms with Gasteiger partial charge in [0.15, 0.2) is 0 Å². The van der Waals surface area contributed by atoms with Crippen LogP contribution in [0.1, 0.15) is 83.0 Å². The van der Waals surface area contributed by atoms with Gasteiger partial charge in [0.1, 0.15) is 0 Å². The first-order valence-corrected chi connectivity index (χ1v) is 19.0. The van der Waals surface area contributed by atoms with Crippen molar-refractivity contribution in [1.82, 2.24) is 35.9 Å². The van der Waals surface area contributed by atoms with Gasteiger partial charge in [0.2, 0.25) is 23.6 Å². The number of hydrogen-bond acceptors (Lipinski definition) is 8. The summed E-state index contributed by atoms with van der Waals surface area (Å²) in [5.41, 5.74) is 1.81. The summed E-state index contributed by atoms with van der Waals surface area (Å²) in [6.07, 6.45) is 6.70. The Morgan fingerprint density at radius 1 is 1.06 bits per heavy atom. The normalized spacial score (nSPS) is 24.5. The van der Waals surface area contributed by atoms with E-state index in [1.807, 2.05) is 48.2 Å². The van der Waals surface area contributed by atoms with Gasteiger partial charge in [-0.1, -0.05) is 57.5 Å². The van der Waals surface area contributed by atoms with Gasteiger partial charge in [0, 0.05) is 40.1 Å². The molecule has 2 saturated heterocycles. The molecular formula is C39H59N7O6. The van der Waals surface area contributed by atoms with E-state index in [0.717, 1.165) is 43.4 Å². The van der Waals surface area contributed by atoms with Crippen LogP contribution in [0.15, 0.2) is 42.6 Å². The highest BCUT2D eigenvalue weighted by Gasteiger charge is 2.44. The average molecular weight is 722 g/mol. The molecule has 0 radical (unpaired) electrons. The molecule has 1 saturated carbocycles. The molecule has 2 bridgehead atoms. The second-order valence-electron chi connectivity index (χ2n) is 15.0. The molecule has 10 atom stereocenters. The van der Waals surface area contributed by atoms with E-state index in [1.54, 1.807) is 32.4 Å². The molecule has 3 aliphatic rings. The number of rotatable bonds is 18. The van der Waals surface area contributed by atoms with Crippen molar-refractivity contribution in [2.75, 3.05) is 34.4 Å². The zero-order valence-electron chi connectivity index (χ0n) is 31.7. The second kappa shape index (κ2) is 18.3. The van der Waals surface area contributed by atoms with E-state index >= 15 is 0 Å². The molecule has 4 amide bonds. The fourth-order valence-electron chi connectivity index (χ4n) is 8.72. The predicted molar refractivity (Wildman–Crippen MR) is 197 cm³/mol. The van der Waals surface area contributed by atoms with Crippen LogP contribution in [0.3, 0.4) is 0 Å². The smallest absolute Gasteiger partial charge is 0.242 e. The Hall–Kier alpha value is -3.81. The first kappa shape index (κ1) is 39.4. The maximum absolute atomic E-state index is 14.1. The maximum atomic E-state index is 14.1. The van der Waals surface area contributed by atoms with Crippen LogP contribution in [0.2, 0.25) is 0 Å². The third-order valence-corrected chi connectivity index (χ3v) is 11.8. The molecule has 0 spiro atoms. The summed E-state index contributed by atoms with van der Waals surface area (Å²) in [6.45, 7) is 6.38. The molecule has 4 N–H and O–H groups in total. The minimum Gasteiger partial charge on any atom is -0.379 e. The number of carbonyl (C=O) groups excluding carboxylic acids is 4. The first-order valence-electron chi connectivity index (χ1n) is 19.0. The largest absolute Gasteiger partial charge is 0.379 e. The van der Waals surface area contributed by atoms with E-state index in [9.17, 15) is 19.2 Å². The number of amides is 4. The zero-order valence-corrected chi connectivity index (χ0v) is 31.7. The van der Waals surface area contributed by atoms with E-state index in [4.69, 9.17) is 9.47 Å². The van der Waals surface area contributed by atoms with Crippen molar-refractivity contribution in [3.63, 3.8) is 0 Å². The summed E-state index contributed by atoms with van der Waals surface area (Å²) in [5.74, 6) is -0.834. The number of nitrogens with one attached hydrogen (secondary N) is 4. The van der Waals surface area contributed by atoms with Crippen LogP contribution in [0, 0.1) is 17.8 Å². The number of benzene rings is 1. The van der Waals surface area contributed by atoms with E-state index in [0.29, 0.717) is 31.3 Å². The zero-order chi connectivity index (χ0) is 37.4. The molecule has 13 heteroatoms. The van der Waals surface area contributed by atoms with Gasteiger partial charge in [-0.3, -0.25) is 24.3 Å². The highest BCUT2D eigenvalue weighted by atomic mass is 16.5. The summed E-state index contributed by atoms with van der Waals surface area (Å²) in [7, 11) is 4.89. The van der Waals surface area contributed by atoms with Gasteiger partial charge in [-0.15, -0.1) is 0 Å². The van der Waals surface area contributed by atoms with Crippen molar-refractivity contribution in [1.29, 1.82) is 0 Å². The van der Waals surface area contributed by atoms with Gasteiger partial charge < -0.3 is 35.2 Å². The van der Waals surface area contributed by atoms with Crippen molar-refractivity contribution in [2.45, 2.75) is 115 Å². The van der Waals surface area contributed by atoms with Gasteiger partial charge in [-0.05, 0) is 62.0 Å². The summed E-state index contributed by atoms with van der Waals surface area (Å²) < 4.78 is 12.0. The summed E-state index contributed by atoms with van der Waals surface area (Å²) >= 11 is 0. The number of fused-ring (bicyclic) bond motifs is 2. The van der Waals surface area contributed by atoms with Crippen molar-refractivity contribution in [2.24, 2.45) is 17.8 Å². The molecule has 2 aliphatic heterocycles. The lowest BCUT2D eigenvalue weighted by molar-refractivity contribution is -0.146. The van der Waals surface area contributed by atoms with Gasteiger partial charge in [-0.25, -0.2) is 0 Å². The van der Waals surface area contributed by atoms with E-state index in [2.05, 4.69) is 40.0 Å². The number of piperidine rings is 1. The summed E-state index contributed by atoms with van der Waals surface area (Å²) in [6, 6.07) is 10.9. The number of ether oxygens (including phenoxy) is 2. The van der Waals surface area contributed by atoms with Crippen LogP contribution >= 0.6 is 0 Å². The molecule has 13 nitrogen and oxygen atoms in total. The van der Waals surface area contributed by atoms with Crippen molar-refractivity contribution in [3.05, 3.63) is 53.9 Å². The Balaban J connectivity index is 1.22. The van der Waals surface area contributed by atoms with Gasteiger partial charge in [0.05, 0.1) is 61.0 Å². The molecule has 1 aromatic carbocycles. The minimum atomic E-state index is -0.574. The topological polar surface area (TPSA) is 158 Å². The number of methoxy groups -OCH3 is 2. The first-order chi connectivity index (χ1) is 25.1. The van der Waals surface area contributed by atoms with Crippen molar-refractivity contribution >= 4 is 23.6 Å². The van der Waals surface area contributed by atoms with Gasteiger partial charge in [0.25, 0.3) is 0 Å². The number of nitrogens with zero attached hydrogens (tertiary/aromatic N) is 3. The van der Waals surface area contributed by atoms with E-state index < -0.39 is 24.2 Å². The number of hydrogen-bond donors (Lipinski definition) is 4. The molecular weight excluding hydrogens is 662 g/mol. The van der Waals surface area contributed by atoms with Gasteiger partial charge in [-0.2, -0.15) is 5.10 Å². The highest BCUT2D eigenvalue weighted by molar-refractivity contribution is 5.88. The molecule has 2 aromatic rings. The number of carbonyl (C=O) groups is 4. The predicted octanol–water partition coefficient (Wildman–Crippen LogP) is 2.99. The Kier molecular flexibility index (Phi) is 13.9. The number of likely N-dealkylation sites (N-methyl/N-ethyl adjacent to an activating group) is 1. The van der Waals surface area contributed by atoms with Gasteiger partial charge >= 0.3 is 0 Å². The lowest BCUT2D eigenvalue weighted by atomic mass is 9.90. The third-order valence-electron chi connectivity index (χ3n) is 11.8. The lowest BCUT2D eigenvalue weighted by Gasteiger charge is -2.39. The quantitative estimate of drug-likeness (QED) is 0.183. The molecule has 286 valence electrons. The Bertz CT molecular complexity index is 1470. The molecule has 1 aromatic heterocycles. The molecule has 52 heavy (non-hydrogen) atoms. The number of aromatic amines is 1. The molecule has 3 heterocycles. The minimum absolute atomic E-state index is 0.0257. The number of H-pyrrole nitrogens is 1. The van der Waals surface area contributed by atoms with Crippen LogP contribution in [0.4, 0.5) is 0 Å². The number of aromatic nitrogens is 2. The SMILES string of the molecule is CCC(C)C(C(CC(=O)N1CCCC1C(OC)C(C)C(=O)N[C@@H](Cc1ccccc1)c1cc[nH]n1)OC)N(C)C(=O)CNC(=O)C1NC2CCC1C2. The summed E-state index contributed by atoms with van der Waals surface area (Å²) in [4.78, 5) is 57.8. The van der Waals surface area contributed by atoms with Crippen LogP contribution in [-0.4, -0.2) is 114 Å². The van der Waals surface area contributed by atoms with Crippen LogP contribution < -0.4 is 16.0 Å². The molecule has 5 rings (SSSR count). The van der Waals surface area contributed by atoms with Crippen molar-refractivity contribution in [3.8, 4) is 0 Å². The highest BCUT2D eigenvalue weighted by Crippen LogP contribution is 2.35. The lowest BCUT2D eigenvalue weighted by Crippen LogP contribution is -2.55. The Labute approximate surface area is 308 Å². The molecule has 1 aliphatic carbocycles. The maximum Gasteiger partial charge on any atom is 0.242 e. The van der Waals surface area contributed by atoms with E-state index in [1.165, 1.54) is 0 Å². The van der Waals surface area contributed by atoms with E-state index in [-0.39, 0.29) is 60.6 Å². The molecule has 3 fully saturated rings. The van der Waals surface area contributed by atoms with Crippen LogP contribution in [0.25, 0.3) is 0 Å². The Morgan fingerprint density at radius 2 is 1.83 bits per heavy atom. The van der Waals surface area contributed by atoms with Crippen LogP contribution in [0.5, 0.6) is 0 Å². The fraction of sp³-hybridized carbons (Fsp3) is 0.667. The standard InChI is InChI=1S/C39H59N7O6/c1-7-24(2)36(45(4)34(48)23-40-39(50)35-27-15-16-28(21-27)42-35)32(51-5)22-33(47)46-19-11-14-31(46)37(52-6)25(3)38(49)43-30(29-17-18-41-44-29)20-26-12-9-8-10-13-26/h8-10,12-13,17-18,24-25,27-28,30-32,35-37,42H,7,11,14-16,19-23H2,1-6H3,(H,40,50)(H,41,44)(H,43,49)/t24?,25?,27?,28?,30-,31?,32?,35?,36?,37?/m0/s1. The monoisotopic (exact) mass is 721 g/mol. The third kappa shape index (κ3) is 9.21.